The number of nitrogens with zero attached hydrogens (tertiary/aromatic N) is 2. The summed E-state index contributed by atoms with van der Waals surface area (Å²) >= 11 is 0. The van der Waals surface area contributed by atoms with Crippen LogP contribution in [-0.4, -0.2) is 35.6 Å². The molecule has 1 saturated heterocycles. The molecule has 2 heterocycles. The number of fused-ring (bicyclic) bond motifs is 1. The zero-order valence-electron chi connectivity index (χ0n) is 12.2. The van der Waals surface area contributed by atoms with Crippen LogP contribution in [0.25, 0.3) is 0 Å². The number of hydrogen-bond donors (Lipinski definition) is 1. The van der Waals surface area contributed by atoms with E-state index in [2.05, 4.69) is 5.16 Å². The molecule has 1 aromatic rings. The summed E-state index contributed by atoms with van der Waals surface area (Å²) in [6.45, 7) is 2.63. The van der Waals surface area contributed by atoms with E-state index in [4.69, 9.17) is 4.74 Å². The molecule has 5 nitrogen and oxygen atoms in total. The van der Waals surface area contributed by atoms with Crippen molar-refractivity contribution in [2.75, 3.05) is 11.4 Å². The van der Waals surface area contributed by atoms with Gasteiger partial charge in [-0.3, -0.25) is 4.79 Å². The molecular weight excluding hydrogens is 268 g/mol. The molecule has 2 aliphatic heterocycles. The predicted molar refractivity (Wildman–Crippen MR) is 79.9 cm³/mol. The monoisotopic (exact) mass is 288 g/mol. The van der Waals surface area contributed by atoms with Crippen molar-refractivity contribution in [3.63, 3.8) is 0 Å². The fourth-order valence-corrected chi connectivity index (χ4v) is 3.10. The number of oxime groups is 1. The normalized spacial score (nSPS) is 27.5. The van der Waals surface area contributed by atoms with E-state index >= 15 is 0 Å². The molecule has 112 valence electrons. The van der Waals surface area contributed by atoms with E-state index in [1.807, 2.05) is 31.2 Å². The van der Waals surface area contributed by atoms with Gasteiger partial charge in [0.15, 0.2) is 0 Å². The number of amides is 1. The van der Waals surface area contributed by atoms with Crippen molar-refractivity contribution >= 4 is 17.3 Å². The molecule has 0 bridgehead atoms. The zero-order valence-corrected chi connectivity index (χ0v) is 12.2. The minimum Gasteiger partial charge on any atom is -0.411 e. The summed E-state index contributed by atoms with van der Waals surface area (Å²) in [7, 11) is 0. The van der Waals surface area contributed by atoms with Gasteiger partial charge in [-0.25, -0.2) is 0 Å². The maximum atomic E-state index is 12.8. The van der Waals surface area contributed by atoms with E-state index in [1.165, 1.54) is 0 Å². The molecule has 1 aromatic carbocycles. The Morgan fingerprint density at radius 2 is 2.19 bits per heavy atom. The van der Waals surface area contributed by atoms with Gasteiger partial charge in [-0.2, -0.15) is 0 Å². The molecule has 0 aliphatic carbocycles. The lowest BCUT2D eigenvalue weighted by molar-refractivity contribution is -0.129. The summed E-state index contributed by atoms with van der Waals surface area (Å²) < 4.78 is 5.71. The van der Waals surface area contributed by atoms with Gasteiger partial charge in [-0.1, -0.05) is 23.4 Å². The van der Waals surface area contributed by atoms with Gasteiger partial charge in [0.25, 0.3) is 5.91 Å². The minimum absolute atomic E-state index is 0.0194. The molecule has 0 radical (unpaired) electrons. The smallest absolute Gasteiger partial charge is 0.256 e. The maximum absolute atomic E-state index is 12.8. The molecule has 1 N–H and O–H groups in total. The van der Waals surface area contributed by atoms with Gasteiger partial charge in [0.05, 0.1) is 17.5 Å². The number of anilines is 1. The highest BCUT2D eigenvalue weighted by atomic mass is 16.5. The molecule has 2 atom stereocenters. The first-order valence-corrected chi connectivity index (χ1v) is 7.48. The Hall–Kier alpha value is -1.88. The highest BCUT2D eigenvalue weighted by Gasteiger charge is 2.34. The molecule has 0 saturated carbocycles. The third-order valence-corrected chi connectivity index (χ3v) is 4.20. The fourth-order valence-electron chi connectivity index (χ4n) is 3.10. The summed E-state index contributed by atoms with van der Waals surface area (Å²) in [6.07, 6.45) is 2.95. The Bertz CT molecular complexity index is 570. The van der Waals surface area contributed by atoms with Crippen LogP contribution in [0, 0.1) is 0 Å². The number of para-hydroxylation sites is 1. The first-order chi connectivity index (χ1) is 10.2. The largest absolute Gasteiger partial charge is 0.411 e. The first-order valence-electron chi connectivity index (χ1n) is 7.48. The van der Waals surface area contributed by atoms with Crippen LogP contribution in [0.5, 0.6) is 0 Å². The van der Waals surface area contributed by atoms with Crippen molar-refractivity contribution in [2.45, 2.75) is 44.8 Å². The van der Waals surface area contributed by atoms with Crippen molar-refractivity contribution in [3.8, 4) is 0 Å². The Balaban J connectivity index is 1.93. The Kier molecular flexibility index (Phi) is 3.92. The maximum Gasteiger partial charge on any atom is 0.256 e. The van der Waals surface area contributed by atoms with Gasteiger partial charge in [0.1, 0.15) is 6.10 Å². The SMILES string of the molecule is CC1CCC(C(=O)N2CCC/C(=N/O)c3ccccc32)O1. The van der Waals surface area contributed by atoms with Crippen molar-refractivity contribution in [2.24, 2.45) is 5.16 Å². The Morgan fingerprint density at radius 3 is 2.90 bits per heavy atom. The molecule has 0 spiro atoms. The molecule has 21 heavy (non-hydrogen) atoms. The number of benzene rings is 1. The predicted octanol–water partition coefficient (Wildman–Crippen LogP) is 2.56. The molecule has 5 heteroatoms. The van der Waals surface area contributed by atoms with Crippen LogP contribution in [-0.2, 0) is 9.53 Å². The average molecular weight is 288 g/mol. The Morgan fingerprint density at radius 1 is 1.38 bits per heavy atom. The van der Waals surface area contributed by atoms with E-state index in [-0.39, 0.29) is 18.1 Å². The standard InChI is InChI=1S/C16H20N2O3/c1-11-8-9-15(21-11)16(19)18-10-4-6-13(17-20)12-5-2-3-7-14(12)18/h2-3,5,7,11,15,20H,4,6,8-10H2,1H3/b17-13-. The first kappa shape index (κ1) is 14.1. The van der Waals surface area contributed by atoms with Gasteiger partial charge in [0.2, 0.25) is 0 Å². The number of rotatable bonds is 1. The van der Waals surface area contributed by atoms with Crippen LogP contribution in [0.15, 0.2) is 29.4 Å². The highest BCUT2D eigenvalue weighted by molar-refractivity contribution is 6.09. The number of carbonyl (C=O) groups excluding carboxylic acids is 1. The lowest BCUT2D eigenvalue weighted by atomic mass is 10.1. The van der Waals surface area contributed by atoms with Crippen LogP contribution >= 0.6 is 0 Å². The number of hydrogen-bond acceptors (Lipinski definition) is 4. The van der Waals surface area contributed by atoms with Crippen molar-refractivity contribution in [1.29, 1.82) is 0 Å². The summed E-state index contributed by atoms with van der Waals surface area (Å²) in [5.41, 5.74) is 2.29. The summed E-state index contributed by atoms with van der Waals surface area (Å²) in [5.74, 6) is 0.0194. The van der Waals surface area contributed by atoms with Gasteiger partial charge >= 0.3 is 0 Å². The minimum atomic E-state index is -0.347. The van der Waals surface area contributed by atoms with E-state index in [0.29, 0.717) is 18.7 Å². The topological polar surface area (TPSA) is 62.1 Å². The van der Waals surface area contributed by atoms with Crippen LogP contribution < -0.4 is 4.90 Å². The number of carbonyl (C=O) groups is 1. The van der Waals surface area contributed by atoms with Gasteiger partial charge < -0.3 is 14.8 Å². The van der Waals surface area contributed by atoms with E-state index in [0.717, 1.165) is 30.5 Å². The molecular formula is C16H20N2O3. The molecule has 1 fully saturated rings. The third-order valence-electron chi connectivity index (χ3n) is 4.20. The average Bonchev–Trinajstić information content (AvgIpc) is 2.84. The fraction of sp³-hybridized carbons (Fsp3) is 0.500. The van der Waals surface area contributed by atoms with Gasteiger partial charge in [-0.15, -0.1) is 0 Å². The molecule has 3 rings (SSSR count). The summed E-state index contributed by atoms with van der Waals surface area (Å²) in [6, 6.07) is 7.60. The van der Waals surface area contributed by atoms with Crippen molar-refractivity contribution in [3.05, 3.63) is 29.8 Å². The van der Waals surface area contributed by atoms with Crippen LogP contribution in [0.2, 0.25) is 0 Å². The van der Waals surface area contributed by atoms with E-state index in [1.54, 1.807) is 4.90 Å². The van der Waals surface area contributed by atoms with Crippen LogP contribution in [0.1, 0.15) is 38.2 Å². The zero-order chi connectivity index (χ0) is 14.8. The highest BCUT2D eigenvalue weighted by Crippen LogP contribution is 2.29. The second kappa shape index (κ2) is 5.85. The van der Waals surface area contributed by atoms with Gasteiger partial charge in [-0.05, 0) is 38.7 Å². The lowest BCUT2D eigenvalue weighted by Gasteiger charge is -2.25. The molecule has 1 amide bonds. The van der Waals surface area contributed by atoms with E-state index in [9.17, 15) is 10.0 Å². The second-order valence-corrected chi connectivity index (χ2v) is 5.67. The molecule has 2 aliphatic rings. The quantitative estimate of drug-likeness (QED) is 0.638. The van der Waals surface area contributed by atoms with E-state index < -0.39 is 0 Å². The van der Waals surface area contributed by atoms with Crippen LogP contribution in [0.3, 0.4) is 0 Å². The lowest BCUT2D eigenvalue weighted by Crippen LogP contribution is -2.40. The summed E-state index contributed by atoms with van der Waals surface area (Å²) in [4.78, 5) is 14.5. The molecule has 0 aromatic heterocycles. The third kappa shape index (κ3) is 2.65. The second-order valence-electron chi connectivity index (χ2n) is 5.67. The molecule has 2 unspecified atom stereocenters. The van der Waals surface area contributed by atoms with Crippen LogP contribution in [0.4, 0.5) is 5.69 Å². The van der Waals surface area contributed by atoms with Gasteiger partial charge in [0, 0.05) is 12.1 Å². The Labute approximate surface area is 124 Å². The number of ether oxygens (including phenoxy) is 1. The van der Waals surface area contributed by atoms with Crippen molar-refractivity contribution < 1.29 is 14.7 Å². The van der Waals surface area contributed by atoms with Crippen molar-refractivity contribution in [1.82, 2.24) is 0 Å². The summed E-state index contributed by atoms with van der Waals surface area (Å²) in [5, 5.41) is 12.6.